The second-order valence-corrected chi connectivity index (χ2v) is 8.91. The van der Waals surface area contributed by atoms with Crippen LogP contribution in [0.15, 0.2) is 77.9 Å². The first-order valence-electron chi connectivity index (χ1n) is 8.83. The van der Waals surface area contributed by atoms with Crippen LogP contribution in [0.2, 0.25) is 5.02 Å². The van der Waals surface area contributed by atoms with E-state index in [0.717, 1.165) is 14.5 Å². The van der Waals surface area contributed by atoms with Gasteiger partial charge in [0.25, 0.3) is 0 Å². The van der Waals surface area contributed by atoms with Gasteiger partial charge in [0.1, 0.15) is 0 Å². The minimum atomic E-state index is -0.411. The van der Waals surface area contributed by atoms with Gasteiger partial charge in [0.2, 0.25) is 0 Å². The number of amides is 1. The predicted molar refractivity (Wildman–Crippen MR) is 120 cm³/mol. The number of nitro groups is 1. The number of benzene rings is 3. The summed E-state index contributed by atoms with van der Waals surface area (Å²) in [5.74, 6) is -0.211. The van der Waals surface area contributed by atoms with Gasteiger partial charge in [-0.1, -0.05) is 11.6 Å². The van der Waals surface area contributed by atoms with E-state index in [1.165, 1.54) is 12.1 Å². The second-order valence-electron chi connectivity index (χ2n) is 6.07. The molecule has 3 rings (SSSR count). The number of nitrogens with one attached hydrogen (secondary N) is 2. The Hall–Kier alpha value is -3.19. The molecule has 0 saturated carbocycles. The number of non-ortho nitro benzene ring substituents is 1. The molecule has 0 aliphatic heterocycles. The molecule has 30 heavy (non-hydrogen) atoms. The summed E-state index contributed by atoms with van der Waals surface area (Å²) in [6.45, 7) is 0.0403. The molecule has 9 heteroatoms. The minimum absolute atomic E-state index is 0.0234. The second kappa shape index (κ2) is 10.5. The molecule has 0 saturated heterocycles. The molecule has 0 radical (unpaired) electrons. The van der Waals surface area contributed by atoms with Gasteiger partial charge < -0.3 is 0 Å². The van der Waals surface area contributed by atoms with Crippen molar-refractivity contribution in [3.63, 3.8) is 0 Å². The monoisotopic (exact) mass is 488 g/mol. The standard InChI is InChI=1S/C21H17ClN4O3Se/c22-16-3-1-15(2-4-16)13-23-24-14-21(27)25-17-5-9-19(10-6-17)30-20-11-7-18(8-12-20)26(28)29/h1-13,24H,14H2,(H,25,27)/b23-13+. The fourth-order valence-electron chi connectivity index (χ4n) is 2.37. The van der Waals surface area contributed by atoms with Gasteiger partial charge in [-0.25, -0.2) is 0 Å². The van der Waals surface area contributed by atoms with Crippen molar-refractivity contribution in [1.29, 1.82) is 0 Å². The summed E-state index contributed by atoms with van der Waals surface area (Å²) in [7, 11) is 0. The normalized spacial score (nSPS) is 10.7. The first kappa shape index (κ1) is 21.5. The summed E-state index contributed by atoms with van der Waals surface area (Å²) < 4.78 is 2.13. The van der Waals surface area contributed by atoms with E-state index in [-0.39, 0.29) is 33.1 Å². The van der Waals surface area contributed by atoms with Crippen LogP contribution in [0.25, 0.3) is 0 Å². The molecule has 0 aliphatic carbocycles. The zero-order valence-corrected chi connectivity index (χ0v) is 18.1. The van der Waals surface area contributed by atoms with Crippen molar-refractivity contribution in [1.82, 2.24) is 5.43 Å². The van der Waals surface area contributed by atoms with Crippen molar-refractivity contribution in [2.24, 2.45) is 5.10 Å². The third kappa shape index (κ3) is 6.70. The maximum atomic E-state index is 12.0. The summed E-state index contributed by atoms with van der Waals surface area (Å²) >= 11 is 5.85. The number of hydrogen-bond acceptors (Lipinski definition) is 5. The van der Waals surface area contributed by atoms with E-state index < -0.39 is 4.92 Å². The predicted octanol–water partition coefficient (Wildman–Crippen LogP) is 2.47. The number of rotatable bonds is 8. The maximum absolute atomic E-state index is 12.0. The molecule has 152 valence electrons. The summed E-state index contributed by atoms with van der Waals surface area (Å²) in [6, 6.07) is 21.3. The number of anilines is 1. The molecular formula is C21H17ClN4O3Se. The molecule has 0 fully saturated rings. The fourth-order valence-corrected chi connectivity index (χ4v) is 4.21. The Morgan fingerprint density at radius 1 is 1.00 bits per heavy atom. The first-order valence-corrected chi connectivity index (χ1v) is 10.9. The van der Waals surface area contributed by atoms with Gasteiger partial charge in [0.15, 0.2) is 0 Å². The number of nitrogens with zero attached hydrogens (tertiary/aromatic N) is 2. The molecule has 3 aromatic carbocycles. The van der Waals surface area contributed by atoms with Crippen molar-refractivity contribution >= 4 is 59.0 Å². The van der Waals surface area contributed by atoms with Gasteiger partial charge in [-0.2, -0.15) is 0 Å². The topological polar surface area (TPSA) is 96.6 Å². The zero-order valence-electron chi connectivity index (χ0n) is 15.6. The van der Waals surface area contributed by atoms with Crippen LogP contribution in [0.5, 0.6) is 0 Å². The fraction of sp³-hybridized carbons (Fsp3) is 0.0476. The van der Waals surface area contributed by atoms with Gasteiger partial charge >= 0.3 is 156 Å². The van der Waals surface area contributed by atoms with Gasteiger partial charge in [-0.05, 0) is 12.1 Å². The van der Waals surface area contributed by atoms with Crippen LogP contribution in [0.3, 0.4) is 0 Å². The van der Waals surface area contributed by atoms with E-state index >= 15 is 0 Å². The Balaban J connectivity index is 1.45. The van der Waals surface area contributed by atoms with Crippen LogP contribution in [-0.2, 0) is 4.79 Å². The quantitative estimate of drug-likeness (QED) is 0.221. The Bertz CT molecular complexity index is 1040. The van der Waals surface area contributed by atoms with Crippen molar-refractivity contribution < 1.29 is 9.72 Å². The van der Waals surface area contributed by atoms with E-state index in [9.17, 15) is 14.9 Å². The van der Waals surface area contributed by atoms with Crippen LogP contribution in [0.1, 0.15) is 5.56 Å². The molecule has 0 atom stereocenters. The molecule has 2 N–H and O–H groups in total. The third-order valence-electron chi connectivity index (χ3n) is 3.84. The van der Waals surface area contributed by atoms with Crippen molar-refractivity contribution in [3.05, 3.63) is 93.5 Å². The van der Waals surface area contributed by atoms with Crippen LogP contribution >= 0.6 is 11.6 Å². The van der Waals surface area contributed by atoms with Gasteiger partial charge in [0.05, 0.1) is 0 Å². The molecule has 3 aromatic rings. The molecule has 7 nitrogen and oxygen atoms in total. The number of carbonyl (C=O) groups excluding carboxylic acids is 1. The first-order chi connectivity index (χ1) is 14.5. The molecule has 0 bridgehead atoms. The van der Waals surface area contributed by atoms with Crippen molar-refractivity contribution in [2.45, 2.75) is 0 Å². The molecule has 0 aromatic heterocycles. The van der Waals surface area contributed by atoms with Gasteiger partial charge in [-0.3, -0.25) is 0 Å². The third-order valence-corrected chi connectivity index (χ3v) is 6.22. The number of hydrazone groups is 1. The molecule has 0 heterocycles. The van der Waals surface area contributed by atoms with Gasteiger partial charge in [0, 0.05) is 5.02 Å². The van der Waals surface area contributed by atoms with Gasteiger partial charge in [-0.15, -0.1) is 0 Å². The summed E-state index contributed by atoms with van der Waals surface area (Å²) in [4.78, 5) is 22.3. The number of hydrogen-bond donors (Lipinski definition) is 2. The van der Waals surface area contributed by atoms with Crippen LogP contribution in [0, 0.1) is 10.1 Å². The Labute approximate surface area is 184 Å². The Kier molecular flexibility index (Phi) is 7.56. The van der Waals surface area contributed by atoms with Crippen LogP contribution < -0.4 is 19.7 Å². The average molecular weight is 488 g/mol. The van der Waals surface area contributed by atoms with E-state index in [2.05, 4.69) is 15.8 Å². The van der Waals surface area contributed by atoms with Crippen LogP contribution in [0.4, 0.5) is 11.4 Å². The summed E-state index contributed by atoms with van der Waals surface area (Å²) in [5.41, 5.74) is 4.35. The molecule has 0 unspecified atom stereocenters. The number of halogens is 1. The average Bonchev–Trinajstić information content (AvgIpc) is 2.74. The van der Waals surface area contributed by atoms with E-state index in [1.807, 2.05) is 36.4 Å². The summed E-state index contributed by atoms with van der Waals surface area (Å²) in [5, 5.41) is 18.2. The SMILES string of the molecule is O=C(CN/N=C/c1ccc(Cl)cc1)Nc1ccc([Se]c2ccc([N+](=O)[O-])cc2)cc1. The van der Waals surface area contributed by atoms with E-state index in [0.29, 0.717) is 10.7 Å². The van der Waals surface area contributed by atoms with Crippen molar-refractivity contribution in [3.8, 4) is 0 Å². The Morgan fingerprint density at radius 2 is 1.60 bits per heavy atom. The van der Waals surface area contributed by atoms with E-state index in [1.54, 1.807) is 30.5 Å². The molecule has 1 amide bonds. The van der Waals surface area contributed by atoms with Crippen LogP contribution in [-0.4, -0.2) is 38.5 Å². The number of nitro benzene ring substituents is 1. The zero-order chi connectivity index (χ0) is 21.3. The molecular weight excluding hydrogens is 471 g/mol. The molecule has 0 aliphatic rings. The molecule has 0 spiro atoms. The number of carbonyl (C=O) groups is 1. The summed E-state index contributed by atoms with van der Waals surface area (Å²) in [6.07, 6.45) is 1.61. The Morgan fingerprint density at radius 3 is 2.20 bits per heavy atom. The van der Waals surface area contributed by atoms with Crippen molar-refractivity contribution in [2.75, 3.05) is 11.9 Å². The van der Waals surface area contributed by atoms with E-state index in [4.69, 9.17) is 11.6 Å².